The molecule has 1 aliphatic rings. The molecule has 0 atom stereocenters. The maximum absolute atomic E-state index is 13.0. The van der Waals surface area contributed by atoms with Crippen LogP contribution in [0, 0.1) is 13.8 Å². The minimum Gasteiger partial charge on any atom is -0.484 e. The Labute approximate surface area is 225 Å². The number of ether oxygens (including phenoxy) is 1. The Balaban J connectivity index is 1.23. The zero-order valence-electron chi connectivity index (χ0n) is 21.1. The summed E-state index contributed by atoms with van der Waals surface area (Å²) >= 11 is 0.921. The summed E-state index contributed by atoms with van der Waals surface area (Å²) in [7, 11) is 0. The molecule has 0 aromatic heterocycles. The minimum absolute atomic E-state index is 0.154. The van der Waals surface area contributed by atoms with Crippen LogP contribution in [0.1, 0.15) is 22.3 Å². The molecule has 0 radical (unpaired) electrons. The van der Waals surface area contributed by atoms with E-state index in [1.807, 2.05) is 80.6 Å². The topological polar surface area (TPSA) is 75.7 Å². The lowest BCUT2D eigenvalue weighted by Crippen LogP contribution is -2.27. The van der Waals surface area contributed by atoms with Crippen LogP contribution in [0.3, 0.4) is 0 Å². The summed E-state index contributed by atoms with van der Waals surface area (Å²) in [5.41, 5.74) is 4.46. The SMILES string of the molecule is Cc1cccc(NC(=O)COc2cccc(/C=C3\SC(=O)N(Cc4ccc5ccccc5c4)C3=O)c2)c1C. The quantitative estimate of drug-likeness (QED) is 0.273. The number of nitrogens with one attached hydrogen (secondary N) is 1. The average molecular weight is 523 g/mol. The lowest BCUT2D eigenvalue weighted by atomic mass is 10.1. The van der Waals surface area contributed by atoms with E-state index >= 15 is 0 Å². The number of aryl methyl sites for hydroxylation is 1. The van der Waals surface area contributed by atoms with E-state index in [4.69, 9.17) is 4.74 Å². The summed E-state index contributed by atoms with van der Waals surface area (Å²) in [5, 5.41) is 4.74. The maximum atomic E-state index is 13.0. The molecule has 0 saturated carbocycles. The van der Waals surface area contributed by atoms with E-state index in [-0.39, 0.29) is 30.2 Å². The highest BCUT2D eigenvalue weighted by molar-refractivity contribution is 8.18. The van der Waals surface area contributed by atoms with Crippen molar-refractivity contribution in [2.24, 2.45) is 0 Å². The molecule has 3 amide bonds. The smallest absolute Gasteiger partial charge is 0.293 e. The van der Waals surface area contributed by atoms with Crippen molar-refractivity contribution in [1.82, 2.24) is 4.90 Å². The Morgan fingerprint density at radius 1 is 0.921 bits per heavy atom. The van der Waals surface area contributed by atoms with E-state index in [1.54, 1.807) is 24.3 Å². The molecule has 38 heavy (non-hydrogen) atoms. The van der Waals surface area contributed by atoms with E-state index in [0.717, 1.165) is 44.9 Å². The summed E-state index contributed by atoms with van der Waals surface area (Å²) in [4.78, 5) is 39.7. The molecule has 4 aromatic rings. The molecule has 5 rings (SSSR count). The van der Waals surface area contributed by atoms with Crippen LogP contribution >= 0.6 is 11.8 Å². The Bertz CT molecular complexity index is 1590. The van der Waals surface area contributed by atoms with E-state index in [0.29, 0.717) is 16.2 Å². The van der Waals surface area contributed by atoms with E-state index in [9.17, 15) is 14.4 Å². The largest absolute Gasteiger partial charge is 0.484 e. The molecule has 0 spiro atoms. The van der Waals surface area contributed by atoms with Crippen molar-refractivity contribution in [3.05, 3.63) is 112 Å². The molecule has 0 unspecified atom stereocenters. The van der Waals surface area contributed by atoms with Crippen molar-refractivity contribution in [3.63, 3.8) is 0 Å². The van der Waals surface area contributed by atoms with E-state index in [1.165, 1.54) is 4.90 Å². The Hall–Kier alpha value is -4.36. The van der Waals surface area contributed by atoms with E-state index < -0.39 is 0 Å². The van der Waals surface area contributed by atoms with Crippen molar-refractivity contribution in [3.8, 4) is 5.75 Å². The molecular formula is C31H26N2O4S. The first-order valence-electron chi connectivity index (χ1n) is 12.2. The molecule has 1 N–H and O–H groups in total. The highest BCUT2D eigenvalue weighted by Crippen LogP contribution is 2.34. The number of rotatable bonds is 7. The molecule has 1 saturated heterocycles. The fourth-order valence-corrected chi connectivity index (χ4v) is 5.06. The van der Waals surface area contributed by atoms with E-state index in [2.05, 4.69) is 5.32 Å². The van der Waals surface area contributed by atoms with Gasteiger partial charge in [-0.25, -0.2) is 0 Å². The number of fused-ring (bicyclic) bond motifs is 1. The number of amides is 3. The van der Waals surface area contributed by atoms with Gasteiger partial charge >= 0.3 is 0 Å². The number of imide groups is 1. The molecule has 7 heteroatoms. The molecule has 1 heterocycles. The first-order chi connectivity index (χ1) is 18.4. The molecule has 4 aromatic carbocycles. The van der Waals surface area contributed by atoms with Crippen molar-refractivity contribution < 1.29 is 19.1 Å². The van der Waals surface area contributed by atoms with Gasteiger partial charge < -0.3 is 10.1 Å². The minimum atomic E-state index is -0.326. The molecule has 1 aliphatic heterocycles. The van der Waals surface area contributed by atoms with Crippen molar-refractivity contribution >= 4 is 51.4 Å². The number of anilines is 1. The highest BCUT2D eigenvalue weighted by Gasteiger charge is 2.35. The second kappa shape index (κ2) is 10.9. The van der Waals surface area contributed by atoms with Gasteiger partial charge in [0.15, 0.2) is 6.61 Å². The van der Waals surface area contributed by atoms with Crippen molar-refractivity contribution in [2.45, 2.75) is 20.4 Å². The number of carbonyl (C=O) groups excluding carboxylic acids is 3. The Morgan fingerprint density at radius 2 is 1.71 bits per heavy atom. The highest BCUT2D eigenvalue weighted by atomic mass is 32.2. The number of benzene rings is 4. The third kappa shape index (κ3) is 5.63. The van der Waals surface area contributed by atoms with Crippen molar-refractivity contribution in [1.29, 1.82) is 0 Å². The number of carbonyl (C=O) groups is 3. The summed E-state index contributed by atoms with van der Waals surface area (Å²) in [6.45, 7) is 4.01. The summed E-state index contributed by atoms with van der Waals surface area (Å²) in [6.07, 6.45) is 1.67. The van der Waals surface area contributed by atoms with Gasteiger partial charge in [-0.3, -0.25) is 19.3 Å². The maximum Gasteiger partial charge on any atom is 0.293 e. The molecule has 0 bridgehead atoms. The van der Waals surface area contributed by atoms with Gasteiger partial charge in [0.1, 0.15) is 5.75 Å². The lowest BCUT2D eigenvalue weighted by Gasteiger charge is -2.13. The zero-order chi connectivity index (χ0) is 26.6. The Morgan fingerprint density at radius 3 is 2.55 bits per heavy atom. The van der Waals surface area contributed by atoms with Gasteiger partial charge in [-0.1, -0.05) is 60.7 Å². The van der Waals surface area contributed by atoms with Crippen LogP contribution in [0.5, 0.6) is 5.75 Å². The monoisotopic (exact) mass is 522 g/mol. The van der Waals surface area contributed by atoms with Crippen LogP contribution in [-0.4, -0.2) is 28.6 Å². The molecular weight excluding hydrogens is 496 g/mol. The first-order valence-corrected chi connectivity index (χ1v) is 13.0. The molecule has 6 nitrogen and oxygen atoms in total. The summed E-state index contributed by atoms with van der Waals surface area (Å²) < 4.78 is 5.69. The predicted molar refractivity (Wildman–Crippen MR) is 152 cm³/mol. The first kappa shape index (κ1) is 25.3. The fraction of sp³-hybridized carbons (Fsp3) is 0.129. The number of hydrogen-bond acceptors (Lipinski definition) is 5. The van der Waals surface area contributed by atoms with Gasteiger partial charge in [0.05, 0.1) is 11.4 Å². The zero-order valence-corrected chi connectivity index (χ0v) is 21.9. The van der Waals surface area contributed by atoms with Crippen LogP contribution in [0.2, 0.25) is 0 Å². The van der Waals surface area contributed by atoms with Gasteiger partial charge in [-0.05, 0) is 89.0 Å². The van der Waals surface area contributed by atoms with Gasteiger partial charge in [-0.2, -0.15) is 0 Å². The third-order valence-electron chi connectivity index (χ3n) is 6.43. The number of nitrogens with zero attached hydrogens (tertiary/aromatic N) is 1. The van der Waals surface area contributed by atoms with Gasteiger partial charge in [0, 0.05) is 5.69 Å². The summed E-state index contributed by atoms with van der Waals surface area (Å²) in [5.74, 6) is -0.100. The fourth-order valence-electron chi connectivity index (χ4n) is 4.22. The predicted octanol–water partition coefficient (Wildman–Crippen LogP) is 6.71. The molecule has 190 valence electrons. The Kier molecular flexibility index (Phi) is 7.29. The standard InChI is InChI=1S/C31H26N2O4S/c1-20-7-5-12-27(21(20)2)32-29(34)19-37-26-11-6-8-22(16-26)17-28-30(35)33(31(36)38-28)18-23-13-14-24-9-3-4-10-25(24)15-23/h3-17H,18-19H2,1-2H3,(H,32,34)/b28-17-. The van der Waals surface area contributed by atoms with Crippen LogP contribution in [-0.2, 0) is 16.1 Å². The second-order valence-corrected chi connectivity index (χ2v) is 10.1. The average Bonchev–Trinajstić information content (AvgIpc) is 3.17. The van der Waals surface area contributed by atoms with Crippen LogP contribution in [0.4, 0.5) is 10.5 Å². The molecule has 0 aliphatic carbocycles. The summed E-state index contributed by atoms with van der Waals surface area (Å²) in [6, 6.07) is 26.7. The normalized spacial score (nSPS) is 14.4. The lowest BCUT2D eigenvalue weighted by molar-refractivity contribution is -0.123. The van der Waals surface area contributed by atoms with Gasteiger partial charge in [0.25, 0.3) is 17.1 Å². The third-order valence-corrected chi connectivity index (χ3v) is 7.34. The number of hydrogen-bond donors (Lipinski definition) is 1. The van der Waals surface area contributed by atoms with Crippen molar-refractivity contribution in [2.75, 3.05) is 11.9 Å². The second-order valence-electron chi connectivity index (χ2n) is 9.11. The molecule has 1 fully saturated rings. The van der Waals surface area contributed by atoms with Gasteiger partial charge in [-0.15, -0.1) is 0 Å². The van der Waals surface area contributed by atoms with Gasteiger partial charge in [0.2, 0.25) is 0 Å². The van der Waals surface area contributed by atoms with Crippen LogP contribution in [0.25, 0.3) is 16.8 Å². The van der Waals surface area contributed by atoms with Crippen LogP contribution in [0.15, 0.2) is 89.8 Å². The van der Waals surface area contributed by atoms with Crippen LogP contribution < -0.4 is 10.1 Å². The number of thioether (sulfide) groups is 1.